The van der Waals surface area contributed by atoms with E-state index in [1.807, 2.05) is 26.2 Å². The summed E-state index contributed by atoms with van der Waals surface area (Å²) >= 11 is 1.38. The van der Waals surface area contributed by atoms with Crippen LogP contribution in [-0.4, -0.2) is 56.2 Å². The molecule has 7 heteroatoms. The molecule has 0 radical (unpaired) electrons. The molecule has 2 aromatic rings. The molecule has 0 aliphatic carbocycles. The van der Waals surface area contributed by atoms with E-state index in [2.05, 4.69) is 15.2 Å². The molecule has 0 aliphatic heterocycles. The molecule has 0 unspecified atom stereocenters. The first-order chi connectivity index (χ1) is 10.1. The third-order valence-electron chi connectivity index (χ3n) is 2.88. The monoisotopic (exact) mass is 308 g/mol. The van der Waals surface area contributed by atoms with Gasteiger partial charge in [0.25, 0.3) is 5.91 Å². The molecule has 0 saturated heterocycles. The van der Waals surface area contributed by atoms with Crippen molar-refractivity contribution in [2.24, 2.45) is 0 Å². The molecule has 1 amide bonds. The van der Waals surface area contributed by atoms with Crippen LogP contribution < -0.4 is 11.1 Å². The fourth-order valence-electron chi connectivity index (χ4n) is 1.77. The topological polar surface area (TPSA) is 80.5 Å². The van der Waals surface area contributed by atoms with Crippen LogP contribution in [0.2, 0.25) is 0 Å². The predicted molar refractivity (Wildman–Crippen MR) is 85.7 cm³/mol. The van der Waals surface area contributed by atoms with Gasteiger partial charge >= 0.3 is 0 Å². The standard InChI is InChI=1S/C14H20N4O2S/c1-18(2)6-8-20-7-5-16-13(19)10-3-4-11-12(9-10)21-14(15)17-11/h3-4,9H,5-8H2,1-2H3,(H2,15,17)(H,16,19). The second kappa shape index (κ2) is 7.35. The number of benzene rings is 1. The van der Waals surface area contributed by atoms with E-state index in [4.69, 9.17) is 10.5 Å². The number of nitrogen functional groups attached to an aromatic ring is 1. The van der Waals surface area contributed by atoms with Gasteiger partial charge in [-0.15, -0.1) is 0 Å². The van der Waals surface area contributed by atoms with Gasteiger partial charge in [0.2, 0.25) is 0 Å². The maximum absolute atomic E-state index is 12.0. The molecule has 114 valence electrons. The number of rotatable bonds is 7. The van der Waals surface area contributed by atoms with Crippen molar-refractivity contribution in [3.63, 3.8) is 0 Å². The fraction of sp³-hybridized carbons (Fsp3) is 0.429. The molecule has 0 atom stereocenters. The number of ether oxygens (including phenoxy) is 1. The van der Waals surface area contributed by atoms with Crippen molar-refractivity contribution >= 4 is 32.6 Å². The number of anilines is 1. The van der Waals surface area contributed by atoms with Gasteiger partial charge in [0.1, 0.15) is 0 Å². The zero-order valence-corrected chi connectivity index (χ0v) is 13.1. The molecular formula is C14H20N4O2S. The van der Waals surface area contributed by atoms with E-state index >= 15 is 0 Å². The minimum Gasteiger partial charge on any atom is -0.378 e. The Kier molecular flexibility index (Phi) is 5.49. The van der Waals surface area contributed by atoms with E-state index in [0.29, 0.717) is 30.5 Å². The van der Waals surface area contributed by atoms with E-state index in [-0.39, 0.29) is 5.91 Å². The molecule has 0 fully saturated rings. The first kappa shape index (κ1) is 15.7. The Morgan fingerprint density at radius 3 is 3.00 bits per heavy atom. The normalized spacial score (nSPS) is 11.2. The maximum atomic E-state index is 12.0. The highest BCUT2D eigenvalue weighted by Crippen LogP contribution is 2.24. The van der Waals surface area contributed by atoms with Gasteiger partial charge in [-0.05, 0) is 32.3 Å². The summed E-state index contributed by atoms with van der Waals surface area (Å²) in [4.78, 5) is 18.2. The number of thiazole rings is 1. The smallest absolute Gasteiger partial charge is 0.251 e. The van der Waals surface area contributed by atoms with Crippen LogP contribution in [0.25, 0.3) is 10.2 Å². The van der Waals surface area contributed by atoms with Gasteiger partial charge in [-0.3, -0.25) is 4.79 Å². The summed E-state index contributed by atoms with van der Waals surface area (Å²) in [6.07, 6.45) is 0. The molecule has 21 heavy (non-hydrogen) atoms. The third kappa shape index (κ3) is 4.66. The number of hydrogen-bond acceptors (Lipinski definition) is 6. The largest absolute Gasteiger partial charge is 0.378 e. The molecule has 1 heterocycles. The van der Waals surface area contributed by atoms with Crippen LogP contribution >= 0.6 is 11.3 Å². The number of nitrogens with zero attached hydrogens (tertiary/aromatic N) is 2. The molecule has 2 rings (SSSR count). The van der Waals surface area contributed by atoms with Crippen LogP contribution in [0.15, 0.2) is 18.2 Å². The minimum atomic E-state index is -0.111. The van der Waals surface area contributed by atoms with E-state index in [9.17, 15) is 4.79 Å². The summed E-state index contributed by atoms with van der Waals surface area (Å²) < 4.78 is 6.34. The van der Waals surface area contributed by atoms with Gasteiger partial charge in [0, 0.05) is 18.7 Å². The number of nitrogens with one attached hydrogen (secondary N) is 1. The van der Waals surface area contributed by atoms with E-state index in [1.165, 1.54) is 11.3 Å². The van der Waals surface area contributed by atoms with Crippen LogP contribution in [0.3, 0.4) is 0 Å². The Morgan fingerprint density at radius 2 is 2.24 bits per heavy atom. The molecule has 0 saturated carbocycles. The second-order valence-corrected chi connectivity index (χ2v) is 5.97. The first-order valence-electron chi connectivity index (χ1n) is 6.73. The zero-order chi connectivity index (χ0) is 15.2. The van der Waals surface area contributed by atoms with Crippen molar-refractivity contribution in [2.45, 2.75) is 0 Å². The predicted octanol–water partition coefficient (Wildman–Crippen LogP) is 1.19. The van der Waals surface area contributed by atoms with Gasteiger partial charge in [0.15, 0.2) is 5.13 Å². The van der Waals surface area contributed by atoms with Gasteiger partial charge in [0.05, 0.1) is 23.4 Å². The lowest BCUT2D eigenvalue weighted by Gasteiger charge is -2.10. The van der Waals surface area contributed by atoms with Crippen molar-refractivity contribution in [3.8, 4) is 0 Å². The minimum absolute atomic E-state index is 0.111. The average Bonchev–Trinajstić information content (AvgIpc) is 2.81. The van der Waals surface area contributed by atoms with Crippen molar-refractivity contribution in [1.29, 1.82) is 0 Å². The lowest BCUT2D eigenvalue weighted by Crippen LogP contribution is -2.28. The Morgan fingerprint density at radius 1 is 1.43 bits per heavy atom. The van der Waals surface area contributed by atoms with Crippen LogP contribution in [-0.2, 0) is 4.74 Å². The average molecular weight is 308 g/mol. The van der Waals surface area contributed by atoms with Crippen LogP contribution in [0, 0.1) is 0 Å². The lowest BCUT2D eigenvalue weighted by molar-refractivity contribution is 0.0900. The number of hydrogen-bond donors (Lipinski definition) is 2. The first-order valence-corrected chi connectivity index (χ1v) is 7.54. The second-order valence-electron chi connectivity index (χ2n) is 4.91. The SMILES string of the molecule is CN(C)CCOCCNC(=O)c1ccc2nc(N)sc2c1. The highest BCUT2D eigenvalue weighted by atomic mass is 32.1. The van der Waals surface area contributed by atoms with Crippen molar-refractivity contribution in [2.75, 3.05) is 46.1 Å². The maximum Gasteiger partial charge on any atom is 0.251 e. The number of aromatic nitrogens is 1. The van der Waals surface area contributed by atoms with Gasteiger partial charge in [-0.1, -0.05) is 11.3 Å². The Balaban J connectivity index is 1.79. The van der Waals surface area contributed by atoms with E-state index < -0.39 is 0 Å². The summed E-state index contributed by atoms with van der Waals surface area (Å²) in [5.41, 5.74) is 7.08. The molecular weight excluding hydrogens is 288 g/mol. The quantitative estimate of drug-likeness (QED) is 0.751. The number of amides is 1. The highest BCUT2D eigenvalue weighted by Gasteiger charge is 2.08. The van der Waals surface area contributed by atoms with Gasteiger partial charge in [-0.25, -0.2) is 4.98 Å². The van der Waals surface area contributed by atoms with E-state index in [1.54, 1.807) is 6.07 Å². The molecule has 1 aromatic carbocycles. The number of fused-ring (bicyclic) bond motifs is 1. The number of carbonyl (C=O) groups excluding carboxylic acids is 1. The van der Waals surface area contributed by atoms with E-state index in [0.717, 1.165) is 16.8 Å². The van der Waals surface area contributed by atoms with Crippen LogP contribution in [0.5, 0.6) is 0 Å². The van der Waals surface area contributed by atoms with Crippen LogP contribution in [0.1, 0.15) is 10.4 Å². The number of carbonyl (C=O) groups is 1. The Hall–Kier alpha value is -1.70. The molecule has 6 nitrogen and oxygen atoms in total. The Labute approximate surface area is 127 Å². The van der Waals surface area contributed by atoms with Crippen molar-refractivity contribution in [3.05, 3.63) is 23.8 Å². The molecule has 0 aliphatic rings. The summed E-state index contributed by atoms with van der Waals surface area (Å²) in [6.45, 7) is 2.54. The molecule has 0 bridgehead atoms. The van der Waals surface area contributed by atoms with Gasteiger partial charge < -0.3 is 20.7 Å². The number of likely N-dealkylation sites (N-methyl/N-ethyl adjacent to an activating group) is 1. The summed E-state index contributed by atoms with van der Waals surface area (Å²) in [6, 6.07) is 5.38. The molecule has 3 N–H and O–H groups in total. The van der Waals surface area contributed by atoms with Crippen LogP contribution in [0.4, 0.5) is 5.13 Å². The molecule has 1 aromatic heterocycles. The summed E-state index contributed by atoms with van der Waals surface area (Å²) in [7, 11) is 3.99. The lowest BCUT2D eigenvalue weighted by atomic mass is 10.2. The number of nitrogens with two attached hydrogens (primary N) is 1. The fourth-order valence-corrected chi connectivity index (χ4v) is 2.55. The highest BCUT2D eigenvalue weighted by molar-refractivity contribution is 7.22. The summed E-state index contributed by atoms with van der Waals surface area (Å²) in [5.74, 6) is -0.111. The van der Waals surface area contributed by atoms with Crippen molar-refractivity contribution < 1.29 is 9.53 Å². The zero-order valence-electron chi connectivity index (χ0n) is 12.3. The Bertz CT molecular complexity index is 612. The molecule has 0 spiro atoms. The summed E-state index contributed by atoms with van der Waals surface area (Å²) in [5, 5.41) is 3.34. The van der Waals surface area contributed by atoms with Crippen molar-refractivity contribution in [1.82, 2.24) is 15.2 Å². The third-order valence-corrected chi connectivity index (χ3v) is 3.73. The van der Waals surface area contributed by atoms with Gasteiger partial charge in [-0.2, -0.15) is 0 Å².